The Morgan fingerprint density at radius 2 is 2.00 bits per heavy atom. The van der Waals surface area contributed by atoms with Crippen LogP contribution in [0.15, 0.2) is 33.7 Å². The van der Waals surface area contributed by atoms with Crippen molar-refractivity contribution in [2.75, 3.05) is 5.32 Å². The lowest BCUT2D eigenvalue weighted by Gasteiger charge is -2.21. The minimum Gasteiger partial charge on any atom is -0.353 e. The predicted molar refractivity (Wildman–Crippen MR) is 106 cm³/mol. The smallest absolute Gasteiger partial charge is 0.205 e. The van der Waals surface area contributed by atoms with E-state index in [2.05, 4.69) is 21.2 Å². The van der Waals surface area contributed by atoms with Crippen LogP contribution in [0, 0.1) is 9.39 Å². The molecule has 136 valence electrons. The Balaban J connectivity index is 2.02. The Morgan fingerprint density at radius 1 is 1.27 bits per heavy atom. The van der Waals surface area contributed by atoms with Crippen LogP contribution in [-0.2, 0) is 0 Å². The molecule has 1 N–H and O–H groups in total. The van der Waals surface area contributed by atoms with Crippen LogP contribution in [0.2, 0.25) is 0 Å². The Morgan fingerprint density at radius 3 is 2.65 bits per heavy atom. The number of hydrogen-bond acceptors (Lipinski definition) is 2. The van der Waals surface area contributed by atoms with Gasteiger partial charge in [0.05, 0.1) is 26.4 Å². The molecule has 1 aromatic heterocycles. The highest BCUT2D eigenvalue weighted by atomic mass is 127. The fourth-order valence-electron chi connectivity index (χ4n) is 3.16. The fourth-order valence-corrected chi connectivity index (χ4v) is 4.03. The Labute approximate surface area is 168 Å². The monoisotopic (exact) mass is 536 g/mol. The van der Waals surface area contributed by atoms with Crippen LogP contribution >= 0.6 is 38.5 Å². The first-order chi connectivity index (χ1) is 12.4. The summed E-state index contributed by atoms with van der Waals surface area (Å²) in [5.74, 6) is -1.22. The second-order valence-corrected chi connectivity index (χ2v) is 8.51. The molecule has 2 aliphatic carbocycles. The quantitative estimate of drug-likeness (QED) is 0.607. The highest BCUT2D eigenvalue weighted by Crippen LogP contribution is 2.34. The molecule has 8 heteroatoms. The van der Waals surface area contributed by atoms with Gasteiger partial charge in [0.2, 0.25) is 5.43 Å². The summed E-state index contributed by atoms with van der Waals surface area (Å²) in [4.78, 5) is 12.7. The minimum atomic E-state index is -1.75. The predicted octanol–water partition coefficient (Wildman–Crippen LogP) is 3.73. The molecule has 1 aromatic carbocycles. The van der Waals surface area contributed by atoms with Crippen molar-refractivity contribution in [2.24, 2.45) is 0 Å². The van der Waals surface area contributed by atoms with Gasteiger partial charge >= 0.3 is 0 Å². The number of rotatable bonds is 3. The molecule has 0 bridgehead atoms. The van der Waals surface area contributed by atoms with E-state index in [1.165, 1.54) is 12.1 Å². The van der Waals surface area contributed by atoms with Gasteiger partial charge in [-0.15, -0.1) is 0 Å². The number of halogens is 5. The summed E-state index contributed by atoms with van der Waals surface area (Å²) in [6, 6.07) is 4.54. The van der Waals surface area contributed by atoms with Gasteiger partial charge in [0.25, 0.3) is 0 Å². The molecule has 4 rings (SSSR count). The third kappa shape index (κ3) is 3.11. The van der Waals surface area contributed by atoms with Gasteiger partial charge in [-0.3, -0.25) is 4.79 Å². The van der Waals surface area contributed by atoms with Crippen molar-refractivity contribution in [1.82, 2.24) is 4.57 Å². The number of anilines is 1. The Kier molecular flexibility index (Phi) is 4.66. The van der Waals surface area contributed by atoms with Crippen molar-refractivity contribution in [3.05, 3.63) is 59.0 Å². The van der Waals surface area contributed by atoms with Gasteiger partial charge in [-0.05, 0) is 69.6 Å². The molecule has 0 aliphatic heterocycles. The first-order valence-electron chi connectivity index (χ1n) is 8.06. The van der Waals surface area contributed by atoms with E-state index in [-0.39, 0.29) is 32.5 Å². The lowest BCUT2D eigenvalue weighted by atomic mass is 10.0. The van der Waals surface area contributed by atoms with Crippen LogP contribution in [0.25, 0.3) is 11.5 Å². The van der Waals surface area contributed by atoms with Crippen LogP contribution in [0.3, 0.4) is 0 Å². The van der Waals surface area contributed by atoms with Crippen molar-refractivity contribution in [3.8, 4) is 0 Å². The maximum atomic E-state index is 14.7. The van der Waals surface area contributed by atoms with Crippen LogP contribution in [0.5, 0.6) is 0 Å². The zero-order chi connectivity index (χ0) is 18.6. The van der Waals surface area contributed by atoms with Crippen molar-refractivity contribution < 1.29 is 13.2 Å². The maximum absolute atomic E-state index is 14.7. The van der Waals surface area contributed by atoms with E-state index in [0.717, 1.165) is 12.8 Å². The van der Waals surface area contributed by atoms with Crippen molar-refractivity contribution >= 4 is 55.7 Å². The van der Waals surface area contributed by atoms with E-state index < -0.39 is 29.7 Å². The summed E-state index contributed by atoms with van der Waals surface area (Å²) >= 11 is 5.16. The van der Waals surface area contributed by atoms with Crippen LogP contribution < -0.4 is 21.3 Å². The van der Waals surface area contributed by atoms with Crippen molar-refractivity contribution in [2.45, 2.75) is 31.5 Å². The van der Waals surface area contributed by atoms with E-state index in [4.69, 9.17) is 0 Å². The topological polar surface area (TPSA) is 34.0 Å². The molecule has 1 fully saturated rings. The van der Waals surface area contributed by atoms with Crippen LogP contribution in [0.1, 0.15) is 25.3 Å². The number of benzene rings is 1. The summed E-state index contributed by atoms with van der Waals surface area (Å²) in [6.45, 7) is 0. The van der Waals surface area contributed by atoms with Gasteiger partial charge in [-0.1, -0.05) is 0 Å². The average Bonchev–Trinajstić information content (AvgIpc) is 3.40. The first kappa shape index (κ1) is 18.1. The molecule has 1 atom stereocenters. The summed E-state index contributed by atoms with van der Waals surface area (Å²) in [6.07, 6.45) is 1.08. The summed E-state index contributed by atoms with van der Waals surface area (Å²) in [7, 11) is 0. The molecule has 3 nitrogen and oxygen atoms in total. The van der Waals surface area contributed by atoms with Gasteiger partial charge in [-0.2, -0.15) is 0 Å². The number of fused-ring (bicyclic) bond motifs is 1. The average molecular weight is 537 g/mol. The fraction of sp³-hybridized carbons (Fsp3) is 0.278. The zero-order valence-electron chi connectivity index (χ0n) is 13.3. The van der Waals surface area contributed by atoms with Gasteiger partial charge in [0.1, 0.15) is 17.8 Å². The van der Waals surface area contributed by atoms with Crippen molar-refractivity contribution in [1.29, 1.82) is 0 Å². The lowest BCUT2D eigenvalue weighted by Crippen LogP contribution is -2.52. The Hall–Kier alpha value is -1.29. The second kappa shape index (κ2) is 6.70. The summed E-state index contributed by atoms with van der Waals surface area (Å²) in [5, 5.41) is 2.74. The van der Waals surface area contributed by atoms with E-state index >= 15 is 0 Å². The molecule has 0 saturated heterocycles. The number of alkyl halides is 1. The van der Waals surface area contributed by atoms with Crippen LogP contribution in [0.4, 0.5) is 18.9 Å². The maximum Gasteiger partial charge on any atom is 0.205 e. The number of nitrogens with zero attached hydrogens (tertiary/aromatic N) is 1. The standard InChI is InChI=1S/C18H13BrF3IN2O/c19-10-7-25(9-2-3-9)17-13(22)6-12(21)16(15(17)18(10)26)24-14-4-1-8(23)5-11(14)20/h1,4-5,7,9,12,24H,2-3,6H2. The number of hydrogen-bond donors (Lipinski definition) is 1. The van der Waals surface area contributed by atoms with E-state index in [1.807, 2.05) is 22.6 Å². The van der Waals surface area contributed by atoms with Gasteiger partial charge in [-0.25, -0.2) is 13.2 Å². The molecule has 1 unspecified atom stereocenters. The van der Waals surface area contributed by atoms with Crippen molar-refractivity contribution in [3.63, 3.8) is 0 Å². The summed E-state index contributed by atoms with van der Waals surface area (Å²) in [5.41, 5.74) is -0.557. The van der Waals surface area contributed by atoms with E-state index in [9.17, 15) is 18.0 Å². The summed E-state index contributed by atoms with van der Waals surface area (Å²) < 4.78 is 46.1. The van der Waals surface area contributed by atoms with Gasteiger partial charge in [0, 0.05) is 22.2 Å². The molecular weight excluding hydrogens is 524 g/mol. The molecule has 0 amide bonds. The second-order valence-electron chi connectivity index (χ2n) is 6.41. The number of nitrogens with one attached hydrogen (secondary N) is 1. The normalized spacial score (nSPS) is 19.5. The SMILES string of the molecule is O=c1c(Br)cn(C2CC2)c2c1=C(Nc1ccc(I)cc1F)C(F)CC=2F. The molecule has 26 heavy (non-hydrogen) atoms. The largest absolute Gasteiger partial charge is 0.353 e. The van der Waals surface area contributed by atoms with E-state index in [0.29, 0.717) is 3.57 Å². The molecular formula is C18H13BrF3IN2O. The number of aromatic nitrogens is 1. The zero-order valence-corrected chi connectivity index (χ0v) is 17.1. The Bertz CT molecular complexity index is 1090. The first-order valence-corrected chi connectivity index (χ1v) is 9.93. The molecule has 1 saturated carbocycles. The third-order valence-electron chi connectivity index (χ3n) is 4.53. The molecule has 2 aromatic rings. The van der Waals surface area contributed by atoms with Gasteiger partial charge < -0.3 is 9.88 Å². The minimum absolute atomic E-state index is 0.0497. The van der Waals surface area contributed by atoms with E-state index in [1.54, 1.807) is 16.8 Å². The molecule has 0 radical (unpaired) electrons. The molecule has 1 heterocycles. The number of pyridine rings is 1. The highest BCUT2D eigenvalue weighted by molar-refractivity contribution is 14.1. The van der Waals surface area contributed by atoms with Gasteiger partial charge in [0.15, 0.2) is 0 Å². The lowest BCUT2D eigenvalue weighted by molar-refractivity contribution is 0.397. The third-order valence-corrected chi connectivity index (χ3v) is 5.77. The molecule has 2 aliphatic rings. The molecule has 0 spiro atoms. The highest BCUT2D eigenvalue weighted by Gasteiger charge is 2.31. The van der Waals surface area contributed by atoms with Crippen LogP contribution in [-0.4, -0.2) is 10.7 Å².